The molecule has 4 aliphatic carbocycles. The maximum atomic E-state index is 17.4. The van der Waals surface area contributed by atoms with E-state index in [0.717, 1.165) is 0 Å². The molecule has 1 saturated heterocycles. The Kier molecular flexibility index (Phi) is 8.17. The molecule has 5 rings (SSSR count). The molecule has 1 heterocycles. The fourth-order valence-electron chi connectivity index (χ4n) is 8.81. The number of carbonyl (C=O) groups excluding carboxylic acids is 2. The van der Waals surface area contributed by atoms with Crippen molar-refractivity contribution in [2.45, 2.75) is 94.5 Å². The van der Waals surface area contributed by atoms with Gasteiger partial charge in [-0.3, -0.25) is 4.79 Å². The summed E-state index contributed by atoms with van der Waals surface area (Å²) in [7, 11) is 0. The molecule has 0 bridgehead atoms. The zero-order chi connectivity index (χ0) is 31.7. The van der Waals surface area contributed by atoms with E-state index in [9.17, 15) is 45.3 Å². The molecule has 8 N–H and O–H groups in total. The number of fused-ring (bicyclic) bond motifs is 5. The highest BCUT2D eigenvalue weighted by Crippen LogP contribution is 2.70. The van der Waals surface area contributed by atoms with E-state index < -0.39 is 96.0 Å². The van der Waals surface area contributed by atoms with Crippen LogP contribution in [0, 0.1) is 28.6 Å². The van der Waals surface area contributed by atoms with Crippen molar-refractivity contribution in [2.24, 2.45) is 33.7 Å². The number of aliphatic hydroxyl groups excluding tert-OH is 6. The summed E-state index contributed by atoms with van der Waals surface area (Å²) < 4.78 is 27.5. The smallest absolute Gasteiger partial charge is 0.415 e. The van der Waals surface area contributed by atoms with Crippen LogP contribution in [0.3, 0.4) is 0 Å². The lowest BCUT2D eigenvalue weighted by Gasteiger charge is -2.62. The molecular formula is C29H41FN2O11. The predicted octanol–water partition coefficient (Wildman–Crippen LogP) is -0.791. The Morgan fingerprint density at radius 3 is 2.51 bits per heavy atom. The Morgan fingerprint density at radius 1 is 1.16 bits per heavy atom. The van der Waals surface area contributed by atoms with Crippen LogP contribution in [0.25, 0.3) is 0 Å². The van der Waals surface area contributed by atoms with Gasteiger partial charge in [-0.15, -0.1) is 0 Å². The van der Waals surface area contributed by atoms with E-state index in [4.69, 9.17) is 9.47 Å². The molecule has 0 radical (unpaired) electrons. The summed E-state index contributed by atoms with van der Waals surface area (Å²) >= 11 is 0. The van der Waals surface area contributed by atoms with Gasteiger partial charge in [0.25, 0.3) is 0 Å². The number of allylic oxidation sites excluding steroid dienone is 4. The van der Waals surface area contributed by atoms with Crippen LogP contribution < -0.4 is 5.43 Å². The number of hydrogen-bond acceptors (Lipinski definition) is 12. The normalized spacial score (nSPS) is 49.5. The van der Waals surface area contributed by atoms with E-state index in [1.807, 2.05) is 5.43 Å². The summed E-state index contributed by atoms with van der Waals surface area (Å²) in [6, 6.07) is 0. The topological polar surface area (TPSA) is 219 Å². The van der Waals surface area contributed by atoms with E-state index in [2.05, 4.69) is 5.10 Å². The van der Waals surface area contributed by atoms with E-state index in [-0.39, 0.29) is 17.9 Å². The van der Waals surface area contributed by atoms with Gasteiger partial charge in [0.2, 0.25) is 6.29 Å². The van der Waals surface area contributed by atoms with Gasteiger partial charge in [-0.05, 0) is 56.6 Å². The summed E-state index contributed by atoms with van der Waals surface area (Å²) in [5.74, 6) is -1.96. The van der Waals surface area contributed by atoms with E-state index >= 15 is 4.39 Å². The van der Waals surface area contributed by atoms with Crippen molar-refractivity contribution in [3.05, 3.63) is 23.8 Å². The van der Waals surface area contributed by atoms with Crippen LogP contribution in [-0.4, -0.2) is 115 Å². The van der Waals surface area contributed by atoms with Crippen molar-refractivity contribution in [2.75, 3.05) is 13.2 Å². The van der Waals surface area contributed by atoms with Gasteiger partial charge >= 0.3 is 6.09 Å². The standard InChI is InChI=1S/C29H41FN2O11/c1-13-8-17-16-5-4-14-9-15(35)6-7-26(14,2)28(16,30)20(36)10-27(17,3)29(13,41)19(12-34)31-32-25(40)43-24-23(39)22(38)21(37)18(11-33)42-24/h6-7,9,13,16-18,20-24,33-34,36-39,41H,4-5,8,10-12H2,1-3H3,(H,32,40)/b31-19+/t13-,16+,17+,18?,20?,21-,22+,23?,24-,26+,27+,28+,29+/m1/s1. The first-order valence-electron chi connectivity index (χ1n) is 14.6. The number of halogens is 1. The zero-order valence-corrected chi connectivity index (χ0v) is 24.3. The highest BCUT2D eigenvalue weighted by atomic mass is 19.1. The lowest BCUT2D eigenvalue weighted by molar-refractivity contribution is -0.284. The number of rotatable bonds is 5. The van der Waals surface area contributed by atoms with Gasteiger partial charge in [-0.2, -0.15) is 5.10 Å². The van der Waals surface area contributed by atoms with Crippen molar-refractivity contribution in [1.29, 1.82) is 0 Å². The lowest BCUT2D eigenvalue weighted by atomic mass is 9.44. The average molecular weight is 613 g/mol. The second-order valence-electron chi connectivity index (χ2n) is 13.1. The zero-order valence-electron chi connectivity index (χ0n) is 24.3. The molecule has 1 amide bonds. The summed E-state index contributed by atoms with van der Waals surface area (Å²) in [4.78, 5) is 24.6. The van der Waals surface area contributed by atoms with Crippen molar-refractivity contribution >= 4 is 17.6 Å². The van der Waals surface area contributed by atoms with Crippen molar-refractivity contribution in [3.8, 4) is 0 Å². The first-order chi connectivity index (χ1) is 20.1. The maximum Gasteiger partial charge on any atom is 0.430 e. The fraction of sp³-hybridized carbons (Fsp3) is 0.759. The summed E-state index contributed by atoms with van der Waals surface area (Å²) in [6.45, 7) is 3.59. The molecule has 0 spiro atoms. The Balaban J connectivity index is 1.39. The molecule has 3 unspecified atom stereocenters. The number of nitrogens with one attached hydrogen (secondary N) is 1. The first kappa shape index (κ1) is 32.1. The molecule has 0 aromatic rings. The van der Waals surface area contributed by atoms with E-state index in [0.29, 0.717) is 24.8 Å². The number of hydrogen-bond donors (Lipinski definition) is 8. The van der Waals surface area contributed by atoms with Gasteiger partial charge < -0.3 is 45.2 Å². The molecule has 5 aliphatic rings. The maximum absolute atomic E-state index is 17.4. The third-order valence-corrected chi connectivity index (χ3v) is 11.2. The molecule has 240 valence electrons. The molecule has 3 saturated carbocycles. The van der Waals surface area contributed by atoms with Crippen LogP contribution in [-0.2, 0) is 14.3 Å². The van der Waals surface area contributed by atoms with Gasteiger partial charge in [0.15, 0.2) is 11.5 Å². The molecule has 43 heavy (non-hydrogen) atoms. The monoisotopic (exact) mass is 612 g/mol. The van der Waals surface area contributed by atoms with Gasteiger partial charge in [-0.25, -0.2) is 14.6 Å². The van der Waals surface area contributed by atoms with Crippen LogP contribution in [0.1, 0.15) is 46.5 Å². The molecule has 0 aromatic heterocycles. The van der Waals surface area contributed by atoms with Gasteiger partial charge in [-0.1, -0.05) is 25.5 Å². The Labute approximate surface area is 247 Å². The molecule has 0 aromatic carbocycles. The number of ketones is 1. The third kappa shape index (κ3) is 4.44. The minimum Gasteiger partial charge on any atom is -0.415 e. The molecule has 14 heteroatoms. The molecule has 13 nitrogen and oxygen atoms in total. The highest BCUT2D eigenvalue weighted by molar-refractivity contribution is 6.01. The number of ether oxygens (including phenoxy) is 2. The minimum absolute atomic E-state index is 0.190. The van der Waals surface area contributed by atoms with Gasteiger partial charge in [0.05, 0.1) is 25.0 Å². The summed E-state index contributed by atoms with van der Waals surface area (Å²) in [6.07, 6.45) is -5.97. The SMILES string of the molecule is C[C@@H]1C[C@H]2[C@@H]3CCC4=CC(=O)C=C[C@]4(C)[C@@]3(F)C(O)C[C@]2(C)[C@@]1(O)/C(CO)=N/NC(=O)O[C@H]1OC(CO)[C@@H](O)[C@H](O)C1O. The molecule has 1 aliphatic heterocycles. The molecule has 13 atom stereocenters. The first-order valence-corrected chi connectivity index (χ1v) is 14.6. The second-order valence-corrected chi connectivity index (χ2v) is 13.1. The van der Waals surface area contributed by atoms with Crippen LogP contribution in [0.5, 0.6) is 0 Å². The number of amides is 1. The lowest BCUT2D eigenvalue weighted by Crippen LogP contribution is -2.69. The van der Waals surface area contributed by atoms with Crippen molar-refractivity contribution < 1.29 is 59.2 Å². The molecular weight excluding hydrogens is 571 g/mol. The molecule has 4 fully saturated rings. The summed E-state index contributed by atoms with van der Waals surface area (Å²) in [5, 5.41) is 77.4. The van der Waals surface area contributed by atoms with Crippen LogP contribution in [0.4, 0.5) is 9.18 Å². The number of nitrogens with zero attached hydrogens (tertiary/aromatic N) is 1. The van der Waals surface area contributed by atoms with Gasteiger partial charge in [0.1, 0.15) is 30.0 Å². The largest absolute Gasteiger partial charge is 0.430 e. The van der Waals surface area contributed by atoms with Crippen LogP contribution in [0.15, 0.2) is 28.9 Å². The van der Waals surface area contributed by atoms with Gasteiger partial charge in [0, 0.05) is 16.7 Å². The number of aliphatic hydroxyl groups is 7. The highest BCUT2D eigenvalue weighted by Gasteiger charge is 2.75. The minimum atomic E-state index is -2.12. The Hall–Kier alpha value is -2.30. The average Bonchev–Trinajstić information content (AvgIpc) is 3.16. The number of alkyl halides is 1. The Bertz CT molecular complexity index is 1240. The third-order valence-electron chi connectivity index (χ3n) is 11.2. The summed E-state index contributed by atoms with van der Waals surface area (Å²) in [5.41, 5.74) is -3.97. The number of hydrazone groups is 1. The number of carbonyl (C=O) groups is 2. The van der Waals surface area contributed by atoms with E-state index in [1.165, 1.54) is 12.2 Å². The Morgan fingerprint density at radius 2 is 1.86 bits per heavy atom. The second kappa shape index (κ2) is 10.9. The quantitative estimate of drug-likeness (QED) is 0.142. The van der Waals surface area contributed by atoms with Crippen molar-refractivity contribution in [1.82, 2.24) is 5.43 Å². The van der Waals surface area contributed by atoms with E-state index in [1.54, 1.807) is 26.8 Å². The van der Waals surface area contributed by atoms with Crippen molar-refractivity contribution in [3.63, 3.8) is 0 Å². The van der Waals surface area contributed by atoms with Crippen LogP contribution >= 0.6 is 0 Å². The van der Waals surface area contributed by atoms with Crippen LogP contribution in [0.2, 0.25) is 0 Å². The predicted molar refractivity (Wildman–Crippen MR) is 146 cm³/mol. The fourth-order valence-corrected chi connectivity index (χ4v) is 8.81.